The summed E-state index contributed by atoms with van der Waals surface area (Å²) in [5.74, 6) is 0. The maximum Gasteiger partial charge on any atom is 0.137 e. The topological polar surface area (TPSA) is 32.6 Å². The van der Waals surface area contributed by atoms with Crippen LogP contribution >= 0.6 is 12.4 Å². The van der Waals surface area contributed by atoms with E-state index in [0.717, 1.165) is 31.0 Å². The lowest BCUT2D eigenvalue weighted by molar-refractivity contribution is 0.325. The predicted octanol–water partition coefficient (Wildman–Crippen LogP) is 1.72. The largest absolute Gasteiger partial charge is 0.318 e. The first kappa shape index (κ1) is 15.0. The molecule has 0 unspecified atom stereocenters. The van der Waals surface area contributed by atoms with Crippen molar-refractivity contribution in [2.75, 3.05) is 27.2 Å². The normalized spacial score (nSPS) is 10.9. The minimum absolute atomic E-state index is 0. The summed E-state index contributed by atoms with van der Waals surface area (Å²) in [5, 5.41) is 3.15. The van der Waals surface area contributed by atoms with E-state index in [2.05, 4.69) is 58.1 Å². The lowest BCUT2D eigenvalue weighted by atomic mass is 10.3. The van der Waals surface area contributed by atoms with Gasteiger partial charge in [0, 0.05) is 32.0 Å². The van der Waals surface area contributed by atoms with Crippen LogP contribution in [0, 0.1) is 6.92 Å². The van der Waals surface area contributed by atoms with Crippen molar-refractivity contribution >= 4 is 18.1 Å². The van der Waals surface area contributed by atoms with Crippen molar-refractivity contribution in [3.05, 3.63) is 35.8 Å². The van der Waals surface area contributed by atoms with Crippen LogP contribution in [-0.4, -0.2) is 41.5 Å². The van der Waals surface area contributed by atoms with Gasteiger partial charge in [0.15, 0.2) is 0 Å². The Morgan fingerprint density at radius 2 is 2.11 bits per heavy atom. The second-order valence-corrected chi connectivity index (χ2v) is 4.55. The van der Waals surface area contributed by atoms with Gasteiger partial charge in [-0.05, 0) is 32.6 Å². The van der Waals surface area contributed by atoms with Crippen LogP contribution in [0.25, 0.3) is 5.65 Å². The highest BCUT2D eigenvalue weighted by Crippen LogP contribution is 2.08. The molecule has 0 aliphatic rings. The third-order valence-corrected chi connectivity index (χ3v) is 2.82. The fourth-order valence-electron chi connectivity index (χ4n) is 1.89. The van der Waals surface area contributed by atoms with Crippen molar-refractivity contribution in [1.82, 2.24) is 19.6 Å². The van der Waals surface area contributed by atoms with Gasteiger partial charge < -0.3 is 9.72 Å². The molecule has 5 heteroatoms. The third-order valence-electron chi connectivity index (χ3n) is 2.82. The molecule has 0 atom stereocenters. The maximum absolute atomic E-state index is 4.60. The van der Waals surface area contributed by atoms with E-state index in [1.54, 1.807) is 0 Å². The van der Waals surface area contributed by atoms with Crippen LogP contribution in [0.1, 0.15) is 11.3 Å². The number of aryl methyl sites for hydroxylation is 1. The summed E-state index contributed by atoms with van der Waals surface area (Å²) < 4.78 is 2.09. The Balaban J connectivity index is 0.00000162. The molecule has 0 aromatic carbocycles. The van der Waals surface area contributed by atoms with Crippen molar-refractivity contribution in [3.8, 4) is 0 Å². The lowest BCUT2D eigenvalue weighted by Crippen LogP contribution is -2.27. The summed E-state index contributed by atoms with van der Waals surface area (Å²) in [6, 6.07) is 4.16. The predicted molar refractivity (Wildman–Crippen MR) is 77.4 cm³/mol. The SMILES string of the molecule is CNCCN(C)Cc1cn2cc(C)ccc2n1.Cl. The van der Waals surface area contributed by atoms with Crippen LogP contribution in [-0.2, 0) is 6.54 Å². The highest BCUT2D eigenvalue weighted by molar-refractivity contribution is 5.85. The molecule has 0 radical (unpaired) electrons. The molecule has 2 aromatic heterocycles. The van der Waals surface area contributed by atoms with Gasteiger partial charge in [0.05, 0.1) is 5.69 Å². The fraction of sp³-hybridized carbons (Fsp3) is 0.462. The molecule has 100 valence electrons. The number of imidazole rings is 1. The first-order valence-electron chi connectivity index (χ1n) is 5.96. The molecule has 0 spiro atoms. The number of hydrogen-bond donors (Lipinski definition) is 1. The van der Waals surface area contributed by atoms with E-state index in [-0.39, 0.29) is 12.4 Å². The van der Waals surface area contributed by atoms with Gasteiger partial charge in [0.25, 0.3) is 0 Å². The Kier molecular flexibility index (Phi) is 5.59. The lowest BCUT2D eigenvalue weighted by Gasteiger charge is -2.14. The highest BCUT2D eigenvalue weighted by atomic mass is 35.5. The Bertz CT molecular complexity index is 495. The Morgan fingerprint density at radius 3 is 2.83 bits per heavy atom. The summed E-state index contributed by atoms with van der Waals surface area (Å²) >= 11 is 0. The quantitative estimate of drug-likeness (QED) is 0.896. The molecule has 0 aliphatic carbocycles. The Morgan fingerprint density at radius 1 is 1.33 bits per heavy atom. The van der Waals surface area contributed by atoms with E-state index < -0.39 is 0 Å². The molecule has 0 amide bonds. The first-order chi connectivity index (χ1) is 8.19. The Hall–Kier alpha value is -1.10. The van der Waals surface area contributed by atoms with E-state index in [4.69, 9.17) is 0 Å². The van der Waals surface area contributed by atoms with Gasteiger partial charge in [-0.15, -0.1) is 12.4 Å². The van der Waals surface area contributed by atoms with Crippen molar-refractivity contribution in [1.29, 1.82) is 0 Å². The average Bonchev–Trinajstić information content (AvgIpc) is 2.67. The molecule has 1 N–H and O–H groups in total. The smallest absolute Gasteiger partial charge is 0.137 e. The molecule has 0 bridgehead atoms. The van der Waals surface area contributed by atoms with Crippen LogP contribution < -0.4 is 5.32 Å². The summed E-state index contributed by atoms with van der Waals surface area (Å²) in [7, 11) is 4.09. The molecular weight excluding hydrogens is 248 g/mol. The zero-order valence-electron chi connectivity index (χ0n) is 11.2. The van der Waals surface area contributed by atoms with Crippen LogP contribution in [0.5, 0.6) is 0 Å². The number of hydrogen-bond acceptors (Lipinski definition) is 3. The van der Waals surface area contributed by atoms with Crippen molar-refractivity contribution in [2.45, 2.75) is 13.5 Å². The molecule has 2 heterocycles. The van der Waals surface area contributed by atoms with Gasteiger partial charge in [-0.25, -0.2) is 4.98 Å². The van der Waals surface area contributed by atoms with Gasteiger partial charge in [-0.2, -0.15) is 0 Å². The molecule has 4 nitrogen and oxygen atoms in total. The van der Waals surface area contributed by atoms with E-state index >= 15 is 0 Å². The molecule has 0 saturated carbocycles. The molecule has 2 aromatic rings. The second kappa shape index (κ2) is 6.73. The minimum atomic E-state index is 0. The average molecular weight is 269 g/mol. The van der Waals surface area contributed by atoms with Gasteiger partial charge in [-0.3, -0.25) is 4.90 Å². The zero-order chi connectivity index (χ0) is 12.3. The molecule has 2 rings (SSSR count). The van der Waals surface area contributed by atoms with Crippen LogP contribution in [0.4, 0.5) is 0 Å². The summed E-state index contributed by atoms with van der Waals surface area (Å²) in [6.45, 7) is 5.02. The van der Waals surface area contributed by atoms with Crippen molar-refractivity contribution in [3.63, 3.8) is 0 Å². The first-order valence-corrected chi connectivity index (χ1v) is 5.96. The molecule has 18 heavy (non-hydrogen) atoms. The standard InChI is InChI=1S/C13H20N4.ClH/c1-11-4-5-13-15-12(10-17(13)8-11)9-16(3)7-6-14-2;/h4-5,8,10,14H,6-7,9H2,1-3H3;1H. The zero-order valence-corrected chi connectivity index (χ0v) is 12.0. The number of pyridine rings is 1. The summed E-state index contributed by atoms with van der Waals surface area (Å²) in [5.41, 5.74) is 3.40. The van der Waals surface area contributed by atoms with Gasteiger partial charge >= 0.3 is 0 Å². The van der Waals surface area contributed by atoms with E-state index in [1.807, 2.05) is 7.05 Å². The number of likely N-dealkylation sites (N-methyl/N-ethyl adjacent to an activating group) is 2. The van der Waals surface area contributed by atoms with Gasteiger partial charge in [0.1, 0.15) is 5.65 Å². The molecular formula is C13H21ClN4. The molecule has 0 fully saturated rings. The van der Waals surface area contributed by atoms with Crippen LogP contribution in [0.2, 0.25) is 0 Å². The number of halogens is 1. The third kappa shape index (κ3) is 3.70. The minimum Gasteiger partial charge on any atom is -0.318 e. The van der Waals surface area contributed by atoms with Crippen molar-refractivity contribution < 1.29 is 0 Å². The van der Waals surface area contributed by atoms with Gasteiger partial charge in [-0.1, -0.05) is 6.07 Å². The van der Waals surface area contributed by atoms with Crippen LogP contribution in [0.3, 0.4) is 0 Å². The number of fused-ring (bicyclic) bond motifs is 1. The van der Waals surface area contributed by atoms with Gasteiger partial charge in [0.2, 0.25) is 0 Å². The molecule has 0 aliphatic heterocycles. The summed E-state index contributed by atoms with van der Waals surface area (Å²) in [6.07, 6.45) is 4.22. The van der Waals surface area contributed by atoms with Crippen LogP contribution in [0.15, 0.2) is 24.5 Å². The van der Waals surface area contributed by atoms with E-state index in [1.165, 1.54) is 5.56 Å². The highest BCUT2D eigenvalue weighted by Gasteiger charge is 2.04. The number of rotatable bonds is 5. The fourth-order valence-corrected chi connectivity index (χ4v) is 1.89. The van der Waals surface area contributed by atoms with Crippen molar-refractivity contribution in [2.24, 2.45) is 0 Å². The number of aromatic nitrogens is 2. The maximum atomic E-state index is 4.60. The number of nitrogens with zero attached hydrogens (tertiary/aromatic N) is 3. The summed E-state index contributed by atoms with van der Waals surface area (Å²) in [4.78, 5) is 6.87. The monoisotopic (exact) mass is 268 g/mol. The second-order valence-electron chi connectivity index (χ2n) is 4.55. The van der Waals surface area contributed by atoms with E-state index in [9.17, 15) is 0 Å². The number of nitrogens with one attached hydrogen (secondary N) is 1. The Labute approximate surface area is 114 Å². The van der Waals surface area contributed by atoms with E-state index in [0.29, 0.717) is 0 Å². The molecule has 0 saturated heterocycles.